The lowest BCUT2D eigenvalue weighted by molar-refractivity contribution is 0.0666. The molecule has 7 heteroatoms. The largest absolute Gasteiger partial charge is 0.326 e. The second-order valence-corrected chi connectivity index (χ2v) is 5.02. The monoisotopic (exact) mass is 283 g/mol. The lowest BCUT2D eigenvalue weighted by atomic mass is 10.2. The van der Waals surface area contributed by atoms with Crippen LogP contribution in [0.2, 0.25) is 0 Å². The number of halogens is 2. The Morgan fingerprint density at radius 2 is 1.85 bits per heavy atom. The van der Waals surface area contributed by atoms with E-state index in [1.165, 1.54) is 12.4 Å². The van der Waals surface area contributed by atoms with E-state index in [1.807, 2.05) is 4.57 Å². The van der Waals surface area contributed by atoms with Crippen LogP contribution in [0.5, 0.6) is 0 Å². The summed E-state index contributed by atoms with van der Waals surface area (Å²) in [5, 5.41) is 3.29. The molecule has 0 saturated carbocycles. The average molecular weight is 283 g/mol. The highest BCUT2D eigenvalue weighted by molar-refractivity contribution is 4.99. The zero-order chi connectivity index (χ0) is 14.5. The lowest BCUT2D eigenvalue weighted by Gasteiger charge is -2.11. The molecule has 0 unspecified atom stereocenters. The molecule has 5 nitrogen and oxygen atoms in total. The summed E-state index contributed by atoms with van der Waals surface area (Å²) < 4.78 is 28.2. The molecule has 0 aromatic carbocycles. The smallest absolute Gasteiger partial charge is 0.319 e. The number of hydrogen-bond donors (Lipinski definition) is 1. The second-order valence-electron chi connectivity index (χ2n) is 5.02. The number of rotatable bonds is 7. The predicted octanol–water partition coefficient (Wildman–Crippen LogP) is 2.27. The van der Waals surface area contributed by atoms with Crippen molar-refractivity contribution < 1.29 is 8.78 Å². The molecule has 0 fully saturated rings. The van der Waals surface area contributed by atoms with Crippen LogP contribution in [0.4, 0.5) is 8.78 Å². The zero-order valence-electron chi connectivity index (χ0n) is 11.6. The molecule has 0 radical (unpaired) electrons. The summed E-state index contributed by atoms with van der Waals surface area (Å²) in [6.45, 7) is 3.46. The van der Waals surface area contributed by atoms with Gasteiger partial charge in [-0.1, -0.05) is 13.8 Å². The molecule has 2 aromatic rings. The van der Waals surface area contributed by atoms with Gasteiger partial charge in [0, 0.05) is 24.8 Å². The van der Waals surface area contributed by atoms with E-state index in [2.05, 4.69) is 29.1 Å². The summed E-state index contributed by atoms with van der Waals surface area (Å²) in [7, 11) is 0. The molecule has 1 N–H and O–H groups in total. The van der Waals surface area contributed by atoms with E-state index in [4.69, 9.17) is 0 Å². The number of aromatic nitrogens is 4. The fourth-order valence-corrected chi connectivity index (χ4v) is 1.92. The van der Waals surface area contributed by atoms with Gasteiger partial charge in [0.25, 0.3) is 0 Å². The van der Waals surface area contributed by atoms with E-state index in [9.17, 15) is 8.78 Å². The summed E-state index contributed by atoms with van der Waals surface area (Å²) in [4.78, 5) is 8.22. The van der Waals surface area contributed by atoms with Gasteiger partial charge in [-0.25, -0.2) is 9.97 Å². The molecule has 0 aliphatic rings. The van der Waals surface area contributed by atoms with Gasteiger partial charge in [0.05, 0.1) is 13.1 Å². The molecule has 0 bridgehead atoms. The SMILES string of the molecule is CC(C)CNCc1nccn1Cc1nccn1C(F)F. The van der Waals surface area contributed by atoms with Crippen molar-refractivity contribution in [3.05, 3.63) is 36.4 Å². The fourth-order valence-electron chi connectivity index (χ4n) is 1.92. The van der Waals surface area contributed by atoms with Crippen LogP contribution >= 0.6 is 0 Å². The van der Waals surface area contributed by atoms with Gasteiger partial charge in [0.2, 0.25) is 0 Å². The lowest BCUT2D eigenvalue weighted by Crippen LogP contribution is -2.22. The molecule has 20 heavy (non-hydrogen) atoms. The van der Waals surface area contributed by atoms with Crippen molar-refractivity contribution in [3.63, 3.8) is 0 Å². The molecule has 2 aromatic heterocycles. The van der Waals surface area contributed by atoms with E-state index >= 15 is 0 Å². The fraction of sp³-hybridized carbons (Fsp3) is 0.538. The molecule has 0 aliphatic heterocycles. The predicted molar refractivity (Wildman–Crippen MR) is 71.4 cm³/mol. The summed E-state index contributed by atoms with van der Waals surface area (Å²) in [6.07, 6.45) is 6.11. The Kier molecular flexibility index (Phi) is 4.84. The molecule has 2 rings (SSSR count). The highest BCUT2D eigenvalue weighted by Crippen LogP contribution is 2.13. The van der Waals surface area contributed by atoms with Crippen molar-refractivity contribution in [1.82, 2.24) is 24.4 Å². The van der Waals surface area contributed by atoms with Crippen LogP contribution < -0.4 is 5.32 Å². The van der Waals surface area contributed by atoms with Crippen molar-refractivity contribution in [1.29, 1.82) is 0 Å². The Morgan fingerprint density at radius 1 is 1.15 bits per heavy atom. The summed E-state index contributed by atoms with van der Waals surface area (Å²) in [6, 6.07) is 0. The maximum Gasteiger partial charge on any atom is 0.319 e. The standard InChI is InChI=1S/C13H19F2N5/c1-10(2)7-16-8-11-17-3-5-19(11)9-12-18-4-6-20(12)13(14)15/h3-6,10,13,16H,7-9H2,1-2H3. The summed E-state index contributed by atoms with van der Waals surface area (Å²) in [5.41, 5.74) is 0. The zero-order valence-corrected chi connectivity index (χ0v) is 11.6. The molecule has 0 saturated heterocycles. The molecule has 2 heterocycles. The van der Waals surface area contributed by atoms with Crippen LogP contribution in [0.3, 0.4) is 0 Å². The molecular formula is C13H19F2N5. The first-order valence-corrected chi connectivity index (χ1v) is 6.58. The Labute approximate surface area is 116 Å². The normalized spacial score (nSPS) is 11.7. The first-order chi connectivity index (χ1) is 9.58. The minimum Gasteiger partial charge on any atom is -0.326 e. The molecular weight excluding hydrogens is 264 g/mol. The Hall–Kier alpha value is -1.76. The summed E-state index contributed by atoms with van der Waals surface area (Å²) >= 11 is 0. The number of nitrogens with zero attached hydrogens (tertiary/aromatic N) is 4. The number of hydrogen-bond acceptors (Lipinski definition) is 3. The third-order valence-corrected chi connectivity index (χ3v) is 2.91. The quantitative estimate of drug-likeness (QED) is 0.848. The van der Waals surface area contributed by atoms with Gasteiger partial charge in [-0.15, -0.1) is 0 Å². The van der Waals surface area contributed by atoms with Crippen LogP contribution in [-0.4, -0.2) is 25.6 Å². The second kappa shape index (κ2) is 6.60. The molecule has 110 valence electrons. The number of imidazole rings is 2. The van der Waals surface area contributed by atoms with Crippen LogP contribution in [-0.2, 0) is 13.1 Å². The highest BCUT2D eigenvalue weighted by Gasteiger charge is 2.13. The van der Waals surface area contributed by atoms with Gasteiger partial charge in [-0.2, -0.15) is 8.78 Å². The van der Waals surface area contributed by atoms with Crippen molar-refractivity contribution in [2.24, 2.45) is 5.92 Å². The Balaban J connectivity index is 2.03. The van der Waals surface area contributed by atoms with E-state index in [-0.39, 0.29) is 6.54 Å². The van der Waals surface area contributed by atoms with Gasteiger partial charge >= 0.3 is 6.55 Å². The van der Waals surface area contributed by atoms with Gasteiger partial charge in [0.1, 0.15) is 11.6 Å². The van der Waals surface area contributed by atoms with E-state index in [0.717, 1.165) is 16.9 Å². The van der Waals surface area contributed by atoms with Crippen LogP contribution in [0.15, 0.2) is 24.8 Å². The van der Waals surface area contributed by atoms with E-state index in [0.29, 0.717) is 18.3 Å². The first-order valence-electron chi connectivity index (χ1n) is 6.58. The average Bonchev–Trinajstić information content (AvgIpc) is 2.99. The van der Waals surface area contributed by atoms with Gasteiger partial charge in [-0.3, -0.25) is 4.57 Å². The number of nitrogens with one attached hydrogen (secondary N) is 1. The van der Waals surface area contributed by atoms with E-state index in [1.54, 1.807) is 12.4 Å². The molecule has 0 atom stereocenters. The highest BCUT2D eigenvalue weighted by atomic mass is 19.3. The van der Waals surface area contributed by atoms with Crippen molar-refractivity contribution in [2.75, 3.05) is 6.54 Å². The number of alkyl halides is 2. The maximum absolute atomic E-state index is 12.8. The van der Waals surface area contributed by atoms with E-state index < -0.39 is 6.55 Å². The Bertz CT molecular complexity index is 532. The summed E-state index contributed by atoms with van der Waals surface area (Å²) in [5.74, 6) is 1.69. The minimum absolute atomic E-state index is 0.288. The van der Waals surface area contributed by atoms with Crippen LogP contribution in [0.25, 0.3) is 0 Å². The van der Waals surface area contributed by atoms with Gasteiger partial charge < -0.3 is 9.88 Å². The molecule has 0 spiro atoms. The first kappa shape index (κ1) is 14.6. The third kappa shape index (κ3) is 3.63. The minimum atomic E-state index is -2.57. The van der Waals surface area contributed by atoms with Crippen LogP contribution in [0.1, 0.15) is 32.0 Å². The van der Waals surface area contributed by atoms with Crippen molar-refractivity contribution in [3.8, 4) is 0 Å². The van der Waals surface area contributed by atoms with Crippen LogP contribution in [0, 0.1) is 5.92 Å². The third-order valence-electron chi connectivity index (χ3n) is 2.91. The Morgan fingerprint density at radius 3 is 2.55 bits per heavy atom. The van der Waals surface area contributed by atoms with Gasteiger partial charge in [-0.05, 0) is 12.5 Å². The maximum atomic E-state index is 12.8. The molecule has 0 amide bonds. The van der Waals surface area contributed by atoms with Crippen molar-refractivity contribution in [2.45, 2.75) is 33.5 Å². The topological polar surface area (TPSA) is 47.7 Å². The van der Waals surface area contributed by atoms with Crippen molar-refractivity contribution >= 4 is 0 Å². The van der Waals surface area contributed by atoms with Gasteiger partial charge in [0.15, 0.2) is 0 Å². The molecule has 0 aliphatic carbocycles.